The highest BCUT2D eigenvalue weighted by molar-refractivity contribution is 8.23. The van der Waals surface area contributed by atoms with Gasteiger partial charge in [0.05, 0.1) is 19.1 Å². The molecule has 3 atom stereocenters. The molecular weight excluding hydrogens is 400 g/mol. The van der Waals surface area contributed by atoms with E-state index in [9.17, 15) is 4.79 Å². The second-order valence-corrected chi connectivity index (χ2v) is 9.30. The van der Waals surface area contributed by atoms with Gasteiger partial charge in [-0.25, -0.2) is 0 Å². The van der Waals surface area contributed by atoms with Crippen molar-refractivity contribution in [1.29, 1.82) is 0 Å². The average Bonchev–Trinajstić information content (AvgIpc) is 3.13. The van der Waals surface area contributed by atoms with Crippen LogP contribution in [-0.4, -0.2) is 34.0 Å². The first-order valence-corrected chi connectivity index (χ1v) is 11.3. The SMILES string of the molecule is COc1ccc(N[C@H](c2ccccc2)[C@@H](C)C(=O)N2C(=S)SC[C@@H]2C(C)C)cc1. The van der Waals surface area contributed by atoms with Crippen LogP contribution < -0.4 is 10.1 Å². The minimum absolute atomic E-state index is 0.0774. The Bertz CT molecular complexity index is 840. The maximum atomic E-state index is 13.5. The normalized spacial score (nSPS) is 18.6. The van der Waals surface area contributed by atoms with E-state index in [-0.39, 0.29) is 23.9 Å². The number of thioether (sulfide) groups is 1. The van der Waals surface area contributed by atoms with E-state index in [1.165, 1.54) is 0 Å². The van der Waals surface area contributed by atoms with Gasteiger partial charge in [0.15, 0.2) is 0 Å². The van der Waals surface area contributed by atoms with E-state index in [1.807, 2.05) is 54.3 Å². The topological polar surface area (TPSA) is 41.6 Å². The number of benzene rings is 2. The maximum absolute atomic E-state index is 13.5. The molecule has 0 aliphatic carbocycles. The van der Waals surface area contributed by atoms with Crippen molar-refractivity contribution in [2.45, 2.75) is 32.9 Å². The van der Waals surface area contributed by atoms with Crippen LogP contribution in [0.4, 0.5) is 5.69 Å². The number of methoxy groups -OCH3 is 1. The number of amides is 1. The van der Waals surface area contributed by atoms with Crippen molar-refractivity contribution in [2.75, 3.05) is 18.2 Å². The van der Waals surface area contributed by atoms with Gasteiger partial charge in [-0.3, -0.25) is 9.69 Å². The van der Waals surface area contributed by atoms with Gasteiger partial charge in [0.25, 0.3) is 0 Å². The minimum atomic E-state index is -0.280. The average molecular weight is 429 g/mol. The molecule has 3 rings (SSSR count). The molecule has 2 aromatic rings. The van der Waals surface area contributed by atoms with Gasteiger partial charge >= 0.3 is 0 Å². The van der Waals surface area contributed by atoms with Gasteiger partial charge in [-0.15, -0.1) is 0 Å². The van der Waals surface area contributed by atoms with Crippen LogP contribution in [0.3, 0.4) is 0 Å². The Morgan fingerprint density at radius 1 is 1.14 bits per heavy atom. The van der Waals surface area contributed by atoms with Crippen LogP contribution in [-0.2, 0) is 4.79 Å². The molecular formula is C23H28N2O2S2. The van der Waals surface area contributed by atoms with Crippen molar-refractivity contribution in [3.8, 4) is 5.75 Å². The van der Waals surface area contributed by atoms with Crippen LogP contribution in [0.5, 0.6) is 5.75 Å². The third kappa shape index (κ3) is 4.93. The molecule has 0 saturated carbocycles. The summed E-state index contributed by atoms with van der Waals surface area (Å²) in [5, 5.41) is 3.56. The number of anilines is 1. The Kier molecular flexibility index (Phi) is 7.19. The zero-order valence-electron chi connectivity index (χ0n) is 17.3. The lowest BCUT2D eigenvalue weighted by Gasteiger charge is -2.33. The number of nitrogens with zero attached hydrogens (tertiary/aromatic N) is 1. The number of nitrogens with one attached hydrogen (secondary N) is 1. The van der Waals surface area contributed by atoms with Crippen LogP contribution in [0.15, 0.2) is 54.6 Å². The summed E-state index contributed by atoms with van der Waals surface area (Å²) in [6.45, 7) is 6.28. The number of hydrogen-bond donors (Lipinski definition) is 1. The van der Waals surface area contributed by atoms with E-state index in [0.717, 1.165) is 22.8 Å². The summed E-state index contributed by atoms with van der Waals surface area (Å²) in [7, 11) is 1.65. The van der Waals surface area contributed by atoms with E-state index >= 15 is 0 Å². The van der Waals surface area contributed by atoms with Crippen molar-refractivity contribution in [3.63, 3.8) is 0 Å². The Morgan fingerprint density at radius 2 is 1.79 bits per heavy atom. The molecule has 1 amide bonds. The predicted molar refractivity (Wildman–Crippen MR) is 125 cm³/mol. The zero-order chi connectivity index (χ0) is 21.0. The molecule has 1 aliphatic rings. The van der Waals surface area contributed by atoms with E-state index in [1.54, 1.807) is 18.9 Å². The Balaban J connectivity index is 1.88. The predicted octanol–water partition coefficient (Wildman–Crippen LogP) is 5.37. The van der Waals surface area contributed by atoms with Gasteiger partial charge in [-0.1, -0.05) is 75.1 Å². The molecule has 6 heteroatoms. The summed E-state index contributed by atoms with van der Waals surface area (Å²) >= 11 is 7.13. The molecule has 29 heavy (non-hydrogen) atoms. The fourth-order valence-electron chi connectivity index (χ4n) is 3.57. The Morgan fingerprint density at radius 3 is 2.38 bits per heavy atom. The van der Waals surface area contributed by atoms with Crippen LogP contribution >= 0.6 is 24.0 Å². The van der Waals surface area contributed by atoms with Gasteiger partial charge in [-0.2, -0.15) is 0 Å². The van der Waals surface area contributed by atoms with Gasteiger partial charge in [-0.05, 0) is 35.7 Å². The molecule has 0 radical (unpaired) electrons. The quantitative estimate of drug-likeness (QED) is 0.601. The second kappa shape index (κ2) is 9.63. The number of carbonyl (C=O) groups is 1. The van der Waals surface area contributed by atoms with Gasteiger partial charge < -0.3 is 10.1 Å². The smallest absolute Gasteiger partial charge is 0.233 e. The zero-order valence-corrected chi connectivity index (χ0v) is 18.9. The number of hydrogen-bond acceptors (Lipinski definition) is 5. The highest BCUT2D eigenvalue weighted by Crippen LogP contribution is 2.34. The second-order valence-electron chi connectivity index (χ2n) is 7.65. The van der Waals surface area contributed by atoms with Crippen molar-refractivity contribution in [2.24, 2.45) is 11.8 Å². The Labute approximate surface area is 183 Å². The molecule has 154 valence electrons. The lowest BCUT2D eigenvalue weighted by atomic mass is 9.92. The molecule has 0 bridgehead atoms. The summed E-state index contributed by atoms with van der Waals surface area (Å²) in [5.74, 6) is 1.83. The summed E-state index contributed by atoms with van der Waals surface area (Å²) in [6, 6.07) is 17.9. The van der Waals surface area contributed by atoms with Crippen molar-refractivity contribution < 1.29 is 9.53 Å². The molecule has 0 aromatic heterocycles. The first kappa shape index (κ1) is 21.7. The first-order chi connectivity index (χ1) is 13.9. The van der Waals surface area contributed by atoms with Crippen LogP contribution in [0.25, 0.3) is 0 Å². The van der Waals surface area contributed by atoms with Crippen LogP contribution in [0, 0.1) is 11.8 Å². The van der Waals surface area contributed by atoms with E-state index in [2.05, 4.69) is 31.3 Å². The molecule has 1 saturated heterocycles. The van der Waals surface area contributed by atoms with Gasteiger partial charge in [0.2, 0.25) is 5.91 Å². The standard InChI is InChI=1S/C23H28N2O2S2/c1-15(2)20-14-29-23(28)25(20)22(26)16(3)21(17-8-6-5-7-9-17)24-18-10-12-19(27-4)13-11-18/h5-13,15-16,20-21,24H,14H2,1-4H3/t16-,20-,21+/m1/s1. The summed E-state index contributed by atoms with van der Waals surface area (Å²) < 4.78 is 5.94. The lowest BCUT2D eigenvalue weighted by molar-refractivity contribution is -0.133. The maximum Gasteiger partial charge on any atom is 0.233 e. The lowest BCUT2D eigenvalue weighted by Crippen LogP contribution is -2.46. The number of rotatable bonds is 7. The van der Waals surface area contributed by atoms with Gasteiger partial charge in [0, 0.05) is 17.5 Å². The van der Waals surface area contributed by atoms with E-state index in [4.69, 9.17) is 17.0 Å². The third-order valence-corrected chi connectivity index (χ3v) is 6.88. The molecule has 1 fully saturated rings. The third-order valence-electron chi connectivity index (χ3n) is 5.37. The largest absolute Gasteiger partial charge is 0.497 e. The van der Waals surface area contributed by atoms with Crippen LogP contribution in [0.1, 0.15) is 32.4 Å². The number of ether oxygens (including phenoxy) is 1. The van der Waals surface area contributed by atoms with Crippen molar-refractivity contribution in [3.05, 3.63) is 60.2 Å². The minimum Gasteiger partial charge on any atom is -0.497 e. The monoisotopic (exact) mass is 428 g/mol. The van der Waals surface area contributed by atoms with E-state index < -0.39 is 0 Å². The summed E-state index contributed by atoms with van der Waals surface area (Å²) in [6.07, 6.45) is 0. The molecule has 1 aliphatic heterocycles. The van der Waals surface area contributed by atoms with E-state index in [0.29, 0.717) is 10.2 Å². The molecule has 4 nitrogen and oxygen atoms in total. The fraction of sp³-hybridized carbons (Fsp3) is 0.391. The highest BCUT2D eigenvalue weighted by atomic mass is 32.2. The Hall–Kier alpha value is -2.05. The van der Waals surface area contributed by atoms with Gasteiger partial charge in [0.1, 0.15) is 10.1 Å². The number of thiocarbonyl (C=S) groups is 1. The number of carbonyl (C=O) groups excluding carboxylic acids is 1. The molecule has 1 N–H and O–H groups in total. The summed E-state index contributed by atoms with van der Waals surface area (Å²) in [5.41, 5.74) is 2.01. The molecule has 1 heterocycles. The molecule has 0 unspecified atom stereocenters. The molecule has 0 spiro atoms. The summed E-state index contributed by atoms with van der Waals surface area (Å²) in [4.78, 5) is 15.4. The molecule has 2 aromatic carbocycles. The first-order valence-electron chi connectivity index (χ1n) is 9.87. The van der Waals surface area contributed by atoms with Crippen molar-refractivity contribution in [1.82, 2.24) is 4.90 Å². The fourth-order valence-corrected chi connectivity index (χ4v) is 5.21. The van der Waals surface area contributed by atoms with Crippen molar-refractivity contribution >= 4 is 39.9 Å². The van der Waals surface area contributed by atoms with Crippen LogP contribution in [0.2, 0.25) is 0 Å². The highest BCUT2D eigenvalue weighted by Gasteiger charge is 2.39.